The van der Waals surface area contributed by atoms with Gasteiger partial charge in [0.05, 0.1) is 34.5 Å². The van der Waals surface area contributed by atoms with Gasteiger partial charge in [-0.2, -0.15) is 5.01 Å². The van der Waals surface area contributed by atoms with E-state index < -0.39 is 46.8 Å². The number of hydrogen-bond acceptors (Lipinski definition) is 7. The Balaban J connectivity index is 1.13. The second-order valence-electron chi connectivity index (χ2n) is 14.9. The van der Waals surface area contributed by atoms with Crippen LogP contribution in [-0.2, 0) is 24.6 Å². The standard InChI is InChI=1S/C46H37N3O6/c1-27-12-18-32(19-13-27)47-49-43(53)38-26-37-35(40(28-16-22-34(50)23-17-28)46(38,45(49)55)31-10-6-3-7-11-31)24-25-36-39(37)44(54)48(42(36)52)33-20-14-30(15-21-33)41(51)29-8-4-2-5-9-29/h2-24,36-40,47,50H,25-26H2,1H3/t36-,37+,38-,39-,40-,46+/m0/s1. The topological polar surface area (TPSA) is 124 Å². The molecule has 4 amide bonds. The summed E-state index contributed by atoms with van der Waals surface area (Å²) in [5.74, 6) is -5.17. The Morgan fingerprint density at radius 2 is 1.35 bits per heavy atom. The van der Waals surface area contributed by atoms with Gasteiger partial charge in [-0.1, -0.05) is 102 Å². The zero-order chi connectivity index (χ0) is 38.0. The number of fused-ring (bicyclic) bond motifs is 4. The number of hydrogen-bond donors (Lipinski definition) is 2. The fraction of sp³-hybridized carbons (Fsp3) is 0.196. The number of carbonyl (C=O) groups is 5. The van der Waals surface area contributed by atoms with Crippen LogP contribution in [0.3, 0.4) is 0 Å². The molecule has 5 aromatic carbocycles. The molecule has 0 bridgehead atoms. The van der Waals surface area contributed by atoms with Crippen LogP contribution in [0.2, 0.25) is 0 Å². The van der Waals surface area contributed by atoms with Gasteiger partial charge in [0.25, 0.3) is 11.8 Å². The highest BCUT2D eigenvalue weighted by atomic mass is 16.3. The van der Waals surface area contributed by atoms with Crippen LogP contribution in [0.1, 0.15) is 51.4 Å². The average molecular weight is 728 g/mol. The summed E-state index contributed by atoms with van der Waals surface area (Å²) in [5, 5.41) is 11.5. The third-order valence-corrected chi connectivity index (χ3v) is 12.0. The monoisotopic (exact) mass is 727 g/mol. The van der Waals surface area contributed by atoms with Gasteiger partial charge < -0.3 is 5.11 Å². The molecule has 1 saturated carbocycles. The molecular weight excluding hydrogens is 691 g/mol. The third kappa shape index (κ3) is 5.25. The molecule has 4 aliphatic rings. The quantitative estimate of drug-likeness (QED) is 0.104. The minimum atomic E-state index is -1.39. The molecule has 2 N–H and O–H groups in total. The van der Waals surface area contributed by atoms with E-state index in [-0.39, 0.29) is 36.2 Å². The lowest BCUT2D eigenvalue weighted by atomic mass is 9.49. The molecule has 9 nitrogen and oxygen atoms in total. The molecule has 0 aromatic heterocycles. The number of phenolic OH excluding ortho intramolecular Hbond substituents is 1. The van der Waals surface area contributed by atoms with Crippen molar-refractivity contribution in [1.29, 1.82) is 0 Å². The van der Waals surface area contributed by atoms with Crippen molar-refractivity contribution in [3.8, 4) is 5.75 Å². The van der Waals surface area contributed by atoms with Crippen LogP contribution < -0.4 is 10.3 Å². The number of carbonyl (C=O) groups excluding carboxylic acids is 5. The first-order valence-corrected chi connectivity index (χ1v) is 18.5. The summed E-state index contributed by atoms with van der Waals surface area (Å²) in [6.07, 6.45) is 2.46. The summed E-state index contributed by atoms with van der Waals surface area (Å²) in [6, 6.07) is 38.9. The van der Waals surface area contributed by atoms with Crippen molar-refractivity contribution in [2.75, 3.05) is 10.3 Å². The first-order chi connectivity index (χ1) is 26.7. The van der Waals surface area contributed by atoms with Crippen molar-refractivity contribution in [1.82, 2.24) is 5.01 Å². The van der Waals surface area contributed by atoms with Crippen molar-refractivity contribution in [2.24, 2.45) is 23.7 Å². The van der Waals surface area contributed by atoms with Gasteiger partial charge in [0.1, 0.15) is 5.75 Å². The zero-order valence-electron chi connectivity index (χ0n) is 30.0. The molecule has 0 spiro atoms. The number of ketones is 1. The van der Waals surface area contributed by atoms with E-state index >= 15 is 4.79 Å². The highest BCUT2D eigenvalue weighted by Gasteiger charge is 2.70. The molecule has 5 aromatic rings. The van der Waals surface area contributed by atoms with E-state index in [1.54, 1.807) is 72.8 Å². The van der Waals surface area contributed by atoms with Crippen LogP contribution in [-0.4, -0.2) is 39.5 Å². The maximum absolute atomic E-state index is 15.2. The molecule has 9 heteroatoms. The van der Waals surface area contributed by atoms with Crippen molar-refractivity contribution >= 4 is 40.8 Å². The summed E-state index contributed by atoms with van der Waals surface area (Å²) in [4.78, 5) is 73.2. The molecule has 6 atom stereocenters. The normalized spacial score (nSPS) is 25.6. The largest absolute Gasteiger partial charge is 0.508 e. The van der Waals surface area contributed by atoms with E-state index in [2.05, 4.69) is 5.43 Å². The maximum atomic E-state index is 15.2. The summed E-state index contributed by atoms with van der Waals surface area (Å²) in [7, 11) is 0. The minimum absolute atomic E-state index is 0.0549. The first-order valence-electron chi connectivity index (χ1n) is 18.5. The summed E-state index contributed by atoms with van der Waals surface area (Å²) >= 11 is 0. The summed E-state index contributed by atoms with van der Waals surface area (Å²) < 4.78 is 0. The third-order valence-electron chi connectivity index (χ3n) is 12.0. The number of aryl methyl sites for hydroxylation is 1. The van der Waals surface area contributed by atoms with Crippen LogP contribution in [0.25, 0.3) is 0 Å². The molecule has 2 saturated heterocycles. The number of anilines is 2. The molecule has 272 valence electrons. The number of rotatable bonds is 7. The average Bonchev–Trinajstić information content (AvgIpc) is 3.60. The lowest BCUT2D eigenvalue weighted by Crippen LogP contribution is -2.53. The predicted molar refractivity (Wildman–Crippen MR) is 206 cm³/mol. The van der Waals surface area contributed by atoms with Gasteiger partial charge in [-0.3, -0.25) is 34.3 Å². The number of benzene rings is 5. The fourth-order valence-corrected chi connectivity index (χ4v) is 9.56. The highest BCUT2D eigenvalue weighted by molar-refractivity contribution is 6.23. The van der Waals surface area contributed by atoms with Crippen LogP contribution >= 0.6 is 0 Å². The Morgan fingerprint density at radius 3 is 2.02 bits per heavy atom. The minimum Gasteiger partial charge on any atom is -0.508 e. The zero-order valence-corrected chi connectivity index (χ0v) is 30.0. The van der Waals surface area contributed by atoms with E-state index in [1.165, 1.54) is 4.90 Å². The van der Waals surface area contributed by atoms with Crippen molar-refractivity contribution in [2.45, 2.75) is 31.1 Å². The van der Waals surface area contributed by atoms with E-state index in [4.69, 9.17) is 0 Å². The maximum Gasteiger partial charge on any atom is 0.260 e. The van der Waals surface area contributed by atoms with Gasteiger partial charge in [0.2, 0.25) is 11.8 Å². The van der Waals surface area contributed by atoms with Gasteiger partial charge in [-0.15, -0.1) is 0 Å². The van der Waals surface area contributed by atoms with Crippen LogP contribution in [0.5, 0.6) is 5.75 Å². The number of hydrazine groups is 1. The number of nitrogens with one attached hydrogen (secondary N) is 1. The lowest BCUT2D eigenvalue weighted by Gasteiger charge is -2.50. The van der Waals surface area contributed by atoms with Gasteiger partial charge in [0.15, 0.2) is 5.78 Å². The van der Waals surface area contributed by atoms with Gasteiger partial charge >= 0.3 is 0 Å². The number of aromatic hydroxyl groups is 1. The molecule has 2 aliphatic carbocycles. The van der Waals surface area contributed by atoms with E-state index in [0.717, 1.165) is 16.1 Å². The molecule has 0 radical (unpaired) electrons. The molecule has 0 unspecified atom stereocenters. The molecule has 55 heavy (non-hydrogen) atoms. The first kappa shape index (κ1) is 34.2. The molecule has 2 aliphatic heterocycles. The molecular formula is C46H37N3O6. The van der Waals surface area contributed by atoms with E-state index in [9.17, 15) is 24.3 Å². The Morgan fingerprint density at radius 1 is 0.709 bits per heavy atom. The second kappa shape index (κ2) is 13.1. The molecule has 3 fully saturated rings. The fourth-order valence-electron chi connectivity index (χ4n) is 9.56. The number of imide groups is 2. The van der Waals surface area contributed by atoms with Crippen molar-refractivity contribution in [3.63, 3.8) is 0 Å². The van der Waals surface area contributed by atoms with Crippen molar-refractivity contribution < 1.29 is 29.1 Å². The van der Waals surface area contributed by atoms with Crippen molar-refractivity contribution in [3.05, 3.63) is 173 Å². The number of allylic oxidation sites excluding steroid dienone is 2. The van der Waals surface area contributed by atoms with Gasteiger partial charge in [-0.05, 0) is 85.3 Å². The number of phenols is 1. The summed E-state index contributed by atoms with van der Waals surface area (Å²) in [5.41, 5.74) is 6.89. The smallest absolute Gasteiger partial charge is 0.260 e. The Bertz CT molecular complexity index is 2390. The van der Waals surface area contributed by atoms with E-state index in [0.29, 0.717) is 33.6 Å². The van der Waals surface area contributed by atoms with E-state index in [1.807, 2.05) is 73.7 Å². The Kier molecular flexibility index (Phi) is 8.11. The second-order valence-corrected chi connectivity index (χ2v) is 14.9. The van der Waals surface area contributed by atoms with Crippen LogP contribution in [0, 0.1) is 30.6 Å². The Hall–Kier alpha value is -6.61. The number of nitrogens with zero attached hydrogens (tertiary/aromatic N) is 2. The van der Waals surface area contributed by atoms with Crippen LogP contribution in [0.15, 0.2) is 145 Å². The van der Waals surface area contributed by atoms with Gasteiger partial charge in [0, 0.05) is 17.0 Å². The highest BCUT2D eigenvalue weighted by Crippen LogP contribution is 2.64. The Labute approximate surface area is 317 Å². The molecule has 2 heterocycles. The summed E-state index contributed by atoms with van der Waals surface area (Å²) in [6.45, 7) is 1.96. The predicted octanol–water partition coefficient (Wildman–Crippen LogP) is 7.12. The molecule has 9 rings (SSSR count). The van der Waals surface area contributed by atoms with Gasteiger partial charge in [-0.25, -0.2) is 0 Å². The number of amides is 4. The lowest BCUT2D eigenvalue weighted by molar-refractivity contribution is -0.138. The van der Waals surface area contributed by atoms with Crippen LogP contribution in [0.4, 0.5) is 11.4 Å². The SMILES string of the molecule is Cc1ccc(NN2C(=O)[C@@H]3C[C@@H]4C(=CC[C@@H]5C(=O)N(c6ccc(C(=O)c7ccccc7)cc6)C(=O)[C@@H]54)[C@H](c4ccc(O)cc4)[C@]3(c3ccccc3)C2=O)cc1.